The Labute approximate surface area is 244 Å². The highest BCUT2D eigenvalue weighted by Gasteiger charge is 2.33. The second-order valence-corrected chi connectivity index (χ2v) is 9.77. The minimum Gasteiger partial charge on any atom is -0.618 e. The lowest BCUT2D eigenvalue weighted by Crippen LogP contribution is -2.36. The van der Waals surface area contributed by atoms with Gasteiger partial charge in [0, 0.05) is 37.5 Å². The van der Waals surface area contributed by atoms with Crippen molar-refractivity contribution in [2.24, 2.45) is 7.05 Å². The second kappa shape index (κ2) is 10.9. The van der Waals surface area contributed by atoms with Gasteiger partial charge in [0.1, 0.15) is 18.1 Å². The number of pyridine rings is 2. The maximum absolute atomic E-state index is 15.3. The molecule has 0 radical (unpaired) electrons. The molecule has 0 bridgehead atoms. The quantitative estimate of drug-likeness (QED) is 0.150. The summed E-state index contributed by atoms with van der Waals surface area (Å²) >= 11 is 6.06. The number of hydrogen-bond donors (Lipinski definition) is 0. The Bertz CT molecular complexity index is 1920. The van der Waals surface area contributed by atoms with E-state index in [9.17, 15) is 18.4 Å². The van der Waals surface area contributed by atoms with Crippen molar-refractivity contribution in [3.05, 3.63) is 107 Å². The van der Waals surface area contributed by atoms with Gasteiger partial charge in [0.2, 0.25) is 5.69 Å². The maximum Gasteiger partial charge on any atom is 0.433 e. The Morgan fingerprint density at radius 3 is 2.58 bits per heavy atom. The van der Waals surface area contributed by atoms with Crippen molar-refractivity contribution in [2.75, 3.05) is 0 Å². The van der Waals surface area contributed by atoms with E-state index >= 15 is 4.39 Å². The molecule has 43 heavy (non-hydrogen) atoms. The van der Waals surface area contributed by atoms with Crippen LogP contribution in [-0.4, -0.2) is 50.0 Å². The van der Waals surface area contributed by atoms with Gasteiger partial charge < -0.3 is 5.21 Å². The number of benzene rings is 1. The number of tetrazole rings is 1. The van der Waals surface area contributed by atoms with E-state index in [1.807, 2.05) is 0 Å². The van der Waals surface area contributed by atoms with Crippen molar-refractivity contribution in [3.63, 3.8) is 0 Å². The first-order valence-electron chi connectivity index (χ1n) is 12.5. The summed E-state index contributed by atoms with van der Waals surface area (Å²) in [6.07, 6.45) is 3.50. The van der Waals surface area contributed by atoms with Crippen LogP contribution in [0, 0.1) is 11.0 Å². The zero-order chi connectivity index (χ0) is 30.3. The number of hydrogen-bond acceptors (Lipinski definition) is 8. The van der Waals surface area contributed by atoms with Gasteiger partial charge in [0.25, 0.3) is 0 Å². The van der Waals surface area contributed by atoms with Gasteiger partial charge in [-0.1, -0.05) is 11.6 Å². The third-order valence-corrected chi connectivity index (χ3v) is 6.89. The number of halogens is 5. The maximum atomic E-state index is 15.3. The second-order valence-electron chi connectivity index (χ2n) is 9.36. The van der Waals surface area contributed by atoms with E-state index in [4.69, 9.17) is 11.6 Å². The average Bonchev–Trinajstić information content (AvgIpc) is 3.76. The number of rotatable bonds is 7. The van der Waals surface area contributed by atoms with Crippen LogP contribution >= 0.6 is 11.6 Å². The van der Waals surface area contributed by atoms with E-state index in [-0.39, 0.29) is 39.5 Å². The molecule has 218 valence electrons. The van der Waals surface area contributed by atoms with E-state index in [0.717, 1.165) is 12.3 Å². The smallest absolute Gasteiger partial charge is 0.433 e. The number of nitrogens with zero attached hydrogens (tertiary/aromatic N) is 11. The summed E-state index contributed by atoms with van der Waals surface area (Å²) in [5, 5.41) is 37.1. The summed E-state index contributed by atoms with van der Waals surface area (Å²) < 4.78 is 58.3. The van der Waals surface area contributed by atoms with Crippen molar-refractivity contribution in [2.45, 2.75) is 18.6 Å². The van der Waals surface area contributed by atoms with E-state index in [0.29, 0.717) is 16.0 Å². The third kappa shape index (κ3) is 5.51. The Kier molecular flexibility index (Phi) is 7.05. The topological polar surface area (TPSA) is 132 Å². The van der Waals surface area contributed by atoms with E-state index < -0.39 is 23.7 Å². The molecule has 0 saturated carbocycles. The first-order chi connectivity index (χ1) is 20.6. The molecule has 6 aromatic rings. The predicted octanol–water partition coefficient (Wildman–Crippen LogP) is 3.99. The molecule has 0 saturated heterocycles. The SMILES string of the molecule is Cn1ncc(CC(c2ccc(-c3c(-n4cnnn4)ccc(Cl)c3F)c[n+]2[O-])n2cc(-c3ccnc(C(F)(F)F)c3)cn2)n1. The molecular weight excluding hydrogens is 594 g/mol. The summed E-state index contributed by atoms with van der Waals surface area (Å²) in [4.78, 5) is 4.76. The lowest BCUT2D eigenvalue weighted by Gasteiger charge is -2.17. The van der Waals surface area contributed by atoms with E-state index in [1.165, 1.54) is 69.5 Å². The molecule has 0 aliphatic rings. The molecule has 17 heteroatoms. The summed E-state index contributed by atoms with van der Waals surface area (Å²) in [5.41, 5.74) is 0.738. The van der Waals surface area contributed by atoms with Crippen molar-refractivity contribution < 1.29 is 22.3 Å². The number of aromatic nitrogens is 11. The van der Waals surface area contributed by atoms with Crippen molar-refractivity contribution >= 4 is 11.6 Å². The molecule has 5 heterocycles. The van der Waals surface area contributed by atoms with Crippen LogP contribution in [0.15, 0.2) is 73.7 Å². The van der Waals surface area contributed by atoms with Gasteiger partial charge in [-0.05, 0) is 46.3 Å². The fraction of sp³-hybridized carbons (Fsp3) is 0.154. The monoisotopic (exact) mass is 611 g/mol. The highest BCUT2D eigenvalue weighted by atomic mass is 35.5. The van der Waals surface area contributed by atoms with E-state index in [1.54, 1.807) is 13.1 Å². The summed E-state index contributed by atoms with van der Waals surface area (Å²) in [6, 6.07) is 7.49. The van der Waals surface area contributed by atoms with Gasteiger partial charge in [0.05, 0.1) is 39.9 Å². The molecule has 1 atom stereocenters. The van der Waals surface area contributed by atoms with Crippen LogP contribution in [0.5, 0.6) is 0 Å². The third-order valence-electron chi connectivity index (χ3n) is 6.60. The molecule has 0 fully saturated rings. The molecule has 1 aromatic carbocycles. The first-order valence-corrected chi connectivity index (χ1v) is 12.8. The van der Waals surface area contributed by atoms with Crippen LogP contribution < -0.4 is 4.73 Å². The molecule has 5 aromatic heterocycles. The number of alkyl halides is 3. The molecule has 0 aliphatic carbocycles. The minimum atomic E-state index is -4.62. The molecule has 6 rings (SSSR count). The minimum absolute atomic E-state index is 0.000886. The highest BCUT2D eigenvalue weighted by Crippen LogP contribution is 2.34. The predicted molar refractivity (Wildman–Crippen MR) is 142 cm³/mol. The van der Waals surface area contributed by atoms with Crippen LogP contribution in [0.3, 0.4) is 0 Å². The van der Waals surface area contributed by atoms with Crippen LogP contribution in [0.4, 0.5) is 17.6 Å². The van der Waals surface area contributed by atoms with Crippen LogP contribution in [0.1, 0.15) is 23.1 Å². The zero-order valence-electron chi connectivity index (χ0n) is 21.9. The fourth-order valence-corrected chi connectivity index (χ4v) is 4.77. The first kappa shape index (κ1) is 27.9. The van der Waals surface area contributed by atoms with Crippen LogP contribution in [-0.2, 0) is 19.6 Å². The number of aryl methyl sites for hydroxylation is 1. The van der Waals surface area contributed by atoms with Crippen molar-refractivity contribution in [1.82, 2.24) is 50.0 Å². The summed E-state index contributed by atoms with van der Waals surface area (Å²) in [6.45, 7) is 0. The highest BCUT2D eigenvalue weighted by molar-refractivity contribution is 6.31. The molecule has 0 N–H and O–H groups in total. The summed E-state index contributed by atoms with van der Waals surface area (Å²) in [5.74, 6) is -0.772. The van der Waals surface area contributed by atoms with E-state index in [2.05, 4.69) is 35.8 Å². The Balaban J connectivity index is 1.42. The Morgan fingerprint density at radius 2 is 1.88 bits per heavy atom. The van der Waals surface area contributed by atoms with Crippen LogP contribution in [0.2, 0.25) is 5.02 Å². The lowest BCUT2D eigenvalue weighted by atomic mass is 10.0. The molecule has 0 spiro atoms. The van der Waals surface area contributed by atoms with Crippen LogP contribution in [0.25, 0.3) is 27.9 Å². The lowest BCUT2D eigenvalue weighted by molar-refractivity contribution is -0.615. The van der Waals surface area contributed by atoms with Gasteiger partial charge in [-0.25, -0.2) is 4.39 Å². The van der Waals surface area contributed by atoms with Gasteiger partial charge in [0.15, 0.2) is 12.0 Å². The molecular formula is C26H18ClF4N11O. The van der Waals surface area contributed by atoms with Gasteiger partial charge >= 0.3 is 6.18 Å². The fourth-order valence-electron chi connectivity index (χ4n) is 4.61. The zero-order valence-corrected chi connectivity index (χ0v) is 22.7. The standard InChI is InChI=1S/C26H18ClF4N11O/c1-39-34-11-18(36-39)9-22(40-12-17(10-35-40)15-6-7-32-23(8-15)26(29,30)31)20-4-2-16(13-42(20)43)24-21(41-14-33-37-38-41)5-3-19(27)25(24)28/h2-8,10-14,22H,9H2,1H3. The Morgan fingerprint density at radius 1 is 1.05 bits per heavy atom. The Hall–Kier alpha value is -5.25. The van der Waals surface area contributed by atoms with Gasteiger partial charge in [-0.2, -0.15) is 42.7 Å². The van der Waals surface area contributed by atoms with Crippen molar-refractivity contribution in [1.29, 1.82) is 0 Å². The van der Waals surface area contributed by atoms with Gasteiger partial charge in [-0.3, -0.25) is 9.67 Å². The van der Waals surface area contributed by atoms with Crippen molar-refractivity contribution in [3.8, 4) is 27.9 Å². The summed E-state index contributed by atoms with van der Waals surface area (Å²) in [7, 11) is 1.64. The molecule has 12 nitrogen and oxygen atoms in total. The largest absolute Gasteiger partial charge is 0.618 e. The molecule has 0 aliphatic heterocycles. The molecule has 1 unspecified atom stereocenters. The average molecular weight is 612 g/mol. The van der Waals surface area contributed by atoms with Gasteiger partial charge in [-0.15, -0.1) is 5.10 Å². The molecule has 0 amide bonds. The normalized spacial score (nSPS) is 12.5.